The van der Waals surface area contributed by atoms with Crippen LogP contribution in [0.3, 0.4) is 0 Å². The molecule has 0 fully saturated rings. The van der Waals surface area contributed by atoms with Crippen molar-refractivity contribution < 1.29 is 0 Å². The van der Waals surface area contributed by atoms with Gasteiger partial charge in [0, 0.05) is 12.2 Å². The number of anilines is 1. The van der Waals surface area contributed by atoms with Crippen LogP contribution in [0.4, 0.5) is 5.69 Å². The predicted octanol–water partition coefficient (Wildman–Crippen LogP) is 3.41. The molecule has 0 aromatic heterocycles. The van der Waals surface area contributed by atoms with Gasteiger partial charge in [-0.25, -0.2) is 0 Å². The van der Waals surface area contributed by atoms with Gasteiger partial charge in [-0.05, 0) is 35.7 Å². The topological polar surface area (TPSA) is 29.3 Å². The van der Waals surface area contributed by atoms with Crippen LogP contribution in [-0.4, -0.2) is 18.0 Å². The van der Waals surface area contributed by atoms with Gasteiger partial charge in [-0.3, -0.25) is 4.90 Å². The molecule has 0 aliphatic carbocycles. The van der Waals surface area contributed by atoms with Gasteiger partial charge in [0.2, 0.25) is 0 Å². The highest BCUT2D eigenvalue weighted by Crippen LogP contribution is 2.28. The van der Waals surface area contributed by atoms with Crippen LogP contribution in [-0.2, 0) is 12.0 Å². The molecule has 0 heterocycles. The van der Waals surface area contributed by atoms with E-state index in [2.05, 4.69) is 51.7 Å². The van der Waals surface area contributed by atoms with Crippen molar-refractivity contribution in [3.05, 3.63) is 29.3 Å². The Kier molecular flexibility index (Phi) is 4.58. The summed E-state index contributed by atoms with van der Waals surface area (Å²) in [7, 11) is 0. The van der Waals surface area contributed by atoms with E-state index in [0.717, 1.165) is 25.3 Å². The molecule has 2 N–H and O–H groups in total. The van der Waals surface area contributed by atoms with Gasteiger partial charge in [-0.15, -0.1) is 0 Å². The summed E-state index contributed by atoms with van der Waals surface area (Å²) >= 11 is 0. The van der Waals surface area contributed by atoms with Crippen LogP contribution in [0.1, 0.15) is 45.7 Å². The summed E-state index contributed by atoms with van der Waals surface area (Å²) in [5, 5.41) is 0. The van der Waals surface area contributed by atoms with E-state index >= 15 is 0 Å². The van der Waals surface area contributed by atoms with E-state index < -0.39 is 0 Å². The van der Waals surface area contributed by atoms with Crippen molar-refractivity contribution >= 4 is 5.69 Å². The van der Waals surface area contributed by atoms with Crippen molar-refractivity contribution in [3.63, 3.8) is 0 Å². The average molecular weight is 234 g/mol. The molecule has 0 amide bonds. The third-order valence-corrected chi connectivity index (χ3v) is 3.23. The molecule has 0 saturated heterocycles. The minimum Gasteiger partial charge on any atom is -0.398 e. The number of nitrogen functional groups attached to an aromatic ring is 1. The fourth-order valence-corrected chi connectivity index (χ4v) is 2.06. The highest BCUT2D eigenvalue weighted by molar-refractivity contribution is 5.51. The van der Waals surface area contributed by atoms with E-state index in [0.29, 0.717) is 0 Å². The second-order valence-corrected chi connectivity index (χ2v) is 5.63. The van der Waals surface area contributed by atoms with Gasteiger partial charge in [-0.1, -0.05) is 46.8 Å². The highest BCUT2D eigenvalue weighted by atomic mass is 15.1. The molecule has 0 radical (unpaired) electrons. The van der Waals surface area contributed by atoms with Crippen molar-refractivity contribution in [3.8, 4) is 0 Å². The second kappa shape index (κ2) is 5.54. The standard InChI is InChI=1S/C15H26N2/c1-6-17(7-2)11-12-8-9-14(16)13(10-12)15(3,4)5/h8-10H,6-7,11,16H2,1-5H3. The average Bonchev–Trinajstić information content (AvgIpc) is 2.26. The smallest absolute Gasteiger partial charge is 0.0352 e. The summed E-state index contributed by atoms with van der Waals surface area (Å²) in [5.74, 6) is 0. The molecule has 0 spiro atoms. The number of hydrogen-bond acceptors (Lipinski definition) is 2. The Morgan fingerprint density at radius 2 is 1.71 bits per heavy atom. The van der Waals surface area contributed by atoms with Crippen molar-refractivity contribution in [2.75, 3.05) is 18.8 Å². The first-order chi connectivity index (χ1) is 7.88. The third-order valence-electron chi connectivity index (χ3n) is 3.23. The molecule has 0 aliphatic heterocycles. The summed E-state index contributed by atoms with van der Waals surface area (Å²) in [6.45, 7) is 14.2. The molecule has 0 unspecified atom stereocenters. The van der Waals surface area contributed by atoms with Crippen molar-refractivity contribution in [2.24, 2.45) is 0 Å². The monoisotopic (exact) mass is 234 g/mol. The summed E-state index contributed by atoms with van der Waals surface area (Å²) in [6, 6.07) is 6.44. The zero-order valence-electron chi connectivity index (χ0n) is 11.9. The molecular formula is C15H26N2. The van der Waals surface area contributed by atoms with E-state index in [9.17, 15) is 0 Å². The van der Waals surface area contributed by atoms with Crippen LogP contribution >= 0.6 is 0 Å². The zero-order valence-corrected chi connectivity index (χ0v) is 11.9. The molecule has 1 aromatic carbocycles. The van der Waals surface area contributed by atoms with Gasteiger partial charge >= 0.3 is 0 Å². The first-order valence-corrected chi connectivity index (χ1v) is 6.49. The fourth-order valence-electron chi connectivity index (χ4n) is 2.06. The molecule has 0 saturated carbocycles. The molecule has 0 aliphatic rings. The van der Waals surface area contributed by atoms with Gasteiger partial charge in [0.25, 0.3) is 0 Å². The Labute approximate surface area is 106 Å². The molecule has 1 rings (SSSR count). The van der Waals surface area contributed by atoms with Gasteiger partial charge in [0.1, 0.15) is 0 Å². The molecular weight excluding hydrogens is 208 g/mol. The van der Waals surface area contributed by atoms with E-state index in [1.807, 2.05) is 6.07 Å². The van der Waals surface area contributed by atoms with Gasteiger partial charge < -0.3 is 5.73 Å². The summed E-state index contributed by atoms with van der Waals surface area (Å²) in [5.41, 5.74) is 9.68. The maximum absolute atomic E-state index is 6.06. The van der Waals surface area contributed by atoms with Crippen molar-refractivity contribution in [1.29, 1.82) is 0 Å². The fraction of sp³-hybridized carbons (Fsp3) is 0.600. The summed E-state index contributed by atoms with van der Waals surface area (Å²) < 4.78 is 0. The Morgan fingerprint density at radius 3 is 2.18 bits per heavy atom. The molecule has 2 nitrogen and oxygen atoms in total. The van der Waals surface area contributed by atoms with Gasteiger partial charge in [0.15, 0.2) is 0 Å². The number of nitrogens with zero attached hydrogens (tertiary/aromatic N) is 1. The van der Waals surface area contributed by atoms with Crippen LogP contribution in [0.5, 0.6) is 0 Å². The summed E-state index contributed by atoms with van der Waals surface area (Å²) in [4.78, 5) is 2.41. The SMILES string of the molecule is CCN(CC)Cc1ccc(N)c(C(C)(C)C)c1. The number of nitrogens with two attached hydrogens (primary N) is 1. The molecule has 0 bridgehead atoms. The lowest BCUT2D eigenvalue weighted by molar-refractivity contribution is 0.295. The Bertz CT molecular complexity index is 360. The molecule has 17 heavy (non-hydrogen) atoms. The predicted molar refractivity (Wildman–Crippen MR) is 76.2 cm³/mol. The van der Waals surface area contributed by atoms with Crippen LogP contribution in [0.15, 0.2) is 18.2 Å². The maximum Gasteiger partial charge on any atom is 0.0352 e. The first-order valence-electron chi connectivity index (χ1n) is 6.49. The van der Waals surface area contributed by atoms with E-state index in [-0.39, 0.29) is 5.41 Å². The summed E-state index contributed by atoms with van der Waals surface area (Å²) in [6.07, 6.45) is 0. The normalized spacial score (nSPS) is 12.1. The van der Waals surface area contributed by atoms with Crippen LogP contribution < -0.4 is 5.73 Å². The Hall–Kier alpha value is -1.02. The number of hydrogen-bond donors (Lipinski definition) is 1. The highest BCUT2D eigenvalue weighted by Gasteiger charge is 2.17. The van der Waals surface area contributed by atoms with Crippen molar-refractivity contribution in [1.82, 2.24) is 4.90 Å². The maximum atomic E-state index is 6.06. The van der Waals surface area contributed by atoms with Crippen LogP contribution in [0.2, 0.25) is 0 Å². The van der Waals surface area contributed by atoms with Gasteiger partial charge in [-0.2, -0.15) is 0 Å². The lowest BCUT2D eigenvalue weighted by atomic mass is 9.85. The second-order valence-electron chi connectivity index (χ2n) is 5.63. The third kappa shape index (κ3) is 3.74. The largest absolute Gasteiger partial charge is 0.398 e. The Balaban J connectivity index is 2.97. The molecule has 1 aromatic rings. The first kappa shape index (κ1) is 14.0. The van der Waals surface area contributed by atoms with E-state index in [1.54, 1.807) is 0 Å². The lowest BCUT2D eigenvalue weighted by Gasteiger charge is -2.24. The zero-order chi connectivity index (χ0) is 13.1. The molecule has 0 atom stereocenters. The van der Waals surface area contributed by atoms with Crippen molar-refractivity contribution in [2.45, 2.75) is 46.6 Å². The Morgan fingerprint density at radius 1 is 1.12 bits per heavy atom. The minimum atomic E-state index is 0.114. The lowest BCUT2D eigenvalue weighted by Crippen LogP contribution is -2.23. The molecule has 96 valence electrons. The van der Waals surface area contributed by atoms with E-state index in [1.165, 1.54) is 11.1 Å². The van der Waals surface area contributed by atoms with Gasteiger partial charge in [0.05, 0.1) is 0 Å². The number of benzene rings is 1. The van der Waals surface area contributed by atoms with Crippen LogP contribution in [0, 0.1) is 0 Å². The minimum absolute atomic E-state index is 0.114. The number of rotatable bonds is 4. The quantitative estimate of drug-likeness (QED) is 0.809. The van der Waals surface area contributed by atoms with Crippen LogP contribution in [0.25, 0.3) is 0 Å². The van der Waals surface area contributed by atoms with E-state index in [4.69, 9.17) is 5.73 Å². The molecule has 2 heteroatoms.